The Balaban J connectivity index is 1.54. The van der Waals surface area contributed by atoms with Crippen LogP contribution in [0.4, 0.5) is 0 Å². The molecule has 90 valence electrons. The van der Waals surface area contributed by atoms with E-state index in [4.69, 9.17) is 16.3 Å². The van der Waals surface area contributed by atoms with Crippen LogP contribution in [0.15, 0.2) is 0 Å². The monoisotopic (exact) mass is 242 g/mol. The van der Waals surface area contributed by atoms with Gasteiger partial charge in [0.05, 0.1) is 12.0 Å². The molecule has 0 radical (unpaired) electrons. The van der Waals surface area contributed by atoms with Crippen LogP contribution in [0.25, 0.3) is 0 Å². The van der Waals surface area contributed by atoms with Gasteiger partial charge in [-0.2, -0.15) is 0 Å². The van der Waals surface area contributed by atoms with Gasteiger partial charge in [0, 0.05) is 5.38 Å². The predicted molar refractivity (Wildman–Crippen MR) is 62.3 cm³/mol. The quantitative estimate of drug-likeness (QED) is 0.421. The summed E-state index contributed by atoms with van der Waals surface area (Å²) in [6.07, 6.45) is 5.49. The van der Waals surface area contributed by atoms with Gasteiger partial charge in [-0.3, -0.25) is 4.79 Å². The Morgan fingerprint density at radius 2 is 2.31 bits per heavy atom. The van der Waals surface area contributed by atoms with Crippen molar-refractivity contribution in [2.24, 2.45) is 23.2 Å². The van der Waals surface area contributed by atoms with Crippen molar-refractivity contribution in [1.82, 2.24) is 0 Å². The van der Waals surface area contributed by atoms with E-state index in [1.54, 1.807) is 0 Å². The van der Waals surface area contributed by atoms with Gasteiger partial charge < -0.3 is 4.74 Å². The second kappa shape index (κ2) is 3.63. The van der Waals surface area contributed by atoms with Gasteiger partial charge >= 0.3 is 5.97 Å². The van der Waals surface area contributed by atoms with Crippen LogP contribution in [0.1, 0.15) is 39.0 Å². The SMILES string of the molecule is CCCCCOC(=O)[C@]12C[C@@H]3C[C@@H]1[C@@H]2[C@H]3Cl. The molecule has 3 heteroatoms. The van der Waals surface area contributed by atoms with Gasteiger partial charge in [0.15, 0.2) is 0 Å². The summed E-state index contributed by atoms with van der Waals surface area (Å²) in [5.41, 5.74) is -0.122. The lowest BCUT2D eigenvalue weighted by atomic mass is 10.1. The lowest BCUT2D eigenvalue weighted by molar-refractivity contribution is -0.150. The van der Waals surface area contributed by atoms with Crippen LogP contribution in [-0.2, 0) is 9.53 Å². The Labute approximate surface area is 102 Å². The Morgan fingerprint density at radius 3 is 2.81 bits per heavy atom. The first-order valence-corrected chi connectivity index (χ1v) is 6.96. The third-order valence-electron chi connectivity index (χ3n) is 4.89. The van der Waals surface area contributed by atoms with E-state index in [-0.39, 0.29) is 16.8 Å². The van der Waals surface area contributed by atoms with Gasteiger partial charge in [0.25, 0.3) is 0 Å². The zero-order valence-electron chi connectivity index (χ0n) is 9.75. The summed E-state index contributed by atoms with van der Waals surface area (Å²) in [5.74, 6) is 1.68. The maximum absolute atomic E-state index is 12.1. The van der Waals surface area contributed by atoms with Crippen LogP contribution in [0.2, 0.25) is 0 Å². The first kappa shape index (κ1) is 10.9. The van der Waals surface area contributed by atoms with Crippen molar-refractivity contribution in [3.05, 3.63) is 0 Å². The molecule has 0 aromatic carbocycles. The molecular formula is C13H19ClO2. The summed E-state index contributed by atoms with van der Waals surface area (Å²) in [6.45, 7) is 2.76. The molecule has 0 N–H and O–H groups in total. The van der Waals surface area contributed by atoms with E-state index in [1.165, 1.54) is 12.8 Å². The van der Waals surface area contributed by atoms with Crippen LogP contribution in [0.5, 0.6) is 0 Å². The van der Waals surface area contributed by atoms with E-state index >= 15 is 0 Å². The molecule has 5 atom stereocenters. The highest BCUT2D eigenvalue weighted by atomic mass is 35.5. The molecule has 0 aromatic heterocycles. The standard InChI is InChI=1S/C13H19ClO2/c1-2-3-4-5-16-12(15)13-7-8-6-9(13)10(13)11(8)14/h8-11H,2-7H2,1H3/t8-,9+,10+,11-,13+/m0/s1. The maximum Gasteiger partial charge on any atom is 0.312 e. The van der Waals surface area contributed by atoms with Crippen LogP contribution in [0, 0.1) is 23.2 Å². The number of hydrogen-bond acceptors (Lipinski definition) is 2. The lowest BCUT2D eigenvalue weighted by Crippen LogP contribution is -2.20. The summed E-state index contributed by atoms with van der Waals surface area (Å²) in [6, 6.07) is 0. The lowest BCUT2D eigenvalue weighted by Gasteiger charge is -2.10. The number of esters is 1. The Morgan fingerprint density at radius 1 is 1.50 bits per heavy atom. The molecule has 4 aliphatic carbocycles. The smallest absolute Gasteiger partial charge is 0.312 e. The number of ether oxygens (including phenoxy) is 1. The predicted octanol–water partition coefficient (Wildman–Crippen LogP) is 2.98. The minimum atomic E-state index is -0.122. The molecule has 2 nitrogen and oxygen atoms in total. The number of hydrogen-bond donors (Lipinski definition) is 0. The zero-order valence-corrected chi connectivity index (χ0v) is 10.5. The second-order valence-electron chi connectivity index (χ2n) is 5.66. The fraction of sp³-hybridized carbons (Fsp3) is 0.923. The normalized spacial score (nSPS) is 47.1. The molecule has 0 saturated heterocycles. The summed E-state index contributed by atoms with van der Waals surface area (Å²) in [5, 5.41) is 0.258. The molecule has 4 rings (SSSR count). The molecule has 0 aliphatic heterocycles. The summed E-state index contributed by atoms with van der Waals surface area (Å²) < 4.78 is 5.42. The van der Waals surface area contributed by atoms with Gasteiger partial charge in [-0.05, 0) is 37.0 Å². The highest BCUT2D eigenvalue weighted by Gasteiger charge is 2.82. The van der Waals surface area contributed by atoms with Crippen LogP contribution in [0.3, 0.4) is 0 Å². The minimum Gasteiger partial charge on any atom is -0.465 e. The fourth-order valence-electron chi connectivity index (χ4n) is 4.10. The number of alkyl halides is 1. The number of rotatable bonds is 5. The van der Waals surface area contributed by atoms with Gasteiger partial charge in [0.2, 0.25) is 0 Å². The van der Waals surface area contributed by atoms with E-state index < -0.39 is 0 Å². The maximum atomic E-state index is 12.1. The molecular weight excluding hydrogens is 224 g/mol. The average Bonchev–Trinajstić information content (AvgIpc) is 2.60. The molecule has 4 fully saturated rings. The topological polar surface area (TPSA) is 26.3 Å². The second-order valence-corrected chi connectivity index (χ2v) is 6.16. The van der Waals surface area contributed by atoms with Crippen LogP contribution >= 0.6 is 11.6 Å². The van der Waals surface area contributed by atoms with Crippen molar-refractivity contribution < 1.29 is 9.53 Å². The van der Waals surface area contributed by atoms with Crippen molar-refractivity contribution >= 4 is 17.6 Å². The molecule has 16 heavy (non-hydrogen) atoms. The number of halogens is 1. The van der Waals surface area contributed by atoms with E-state index in [9.17, 15) is 4.79 Å². The first-order valence-electron chi connectivity index (χ1n) is 6.53. The fourth-order valence-corrected chi connectivity index (χ4v) is 4.69. The van der Waals surface area contributed by atoms with E-state index in [0.717, 1.165) is 19.3 Å². The first-order chi connectivity index (χ1) is 7.71. The summed E-state index contributed by atoms with van der Waals surface area (Å²) >= 11 is 6.31. The largest absolute Gasteiger partial charge is 0.465 e. The average molecular weight is 243 g/mol. The Kier molecular flexibility index (Phi) is 2.47. The van der Waals surface area contributed by atoms with Gasteiger partial charge in [-0.1, -0.05) is 19.8 Å². The van der Waals surface area contributed by atoms with Crippen LogP contribution < -0.4 is 0 Å². The Bertz CT molecular complexity index is 317. The van der Waals surface area contributed by atoms with E-state index in [1.807, 2.05) is 0 Å². The molecule has 4 bridgehead atoms. The highest BCUT2D eigenvalue weighted by molar-refractivity contribution is 6.22. The molecule has 0 heterocycles. The Hall–Kier alpha value is -0.240. The van der Waals surface area contributed by atoms with E-state index in [2.05, 4.69) is 6.92 Å². The van der Waals surface area contributed by atoms with Crippen LogP contribution in [-0.4, -0.2) is 18.0 Å². The van der Waals surface area contributed by atoms with Crippen molar-refractivity contribution in [3.63, 3.8) is 0 Å². The highest BCUT2D eigenvalue weighted by Crippen LogP contribution is 2.80. The van der Waals surface area contributed by atoms with Crippen molar-refractivity contribution in [1.29, 1.82) is 0 Å². The van der Waals surface area contributed by atoms with Crippen molar-refractivity contribution in [2.45, 2.75) is 44.4 Å². The number of unbranched alkanes of at least 4 members (excludes halogenated alkanes) is 2. The molecule has 0 spiro atoms. The third-order valence-corrected chi connectivity index (χ3v) is 5.52. The molecule has 4 saturated carbocycles. The van der Waals surface area contributed by atoms with Gasteiger partial charge in [0.1, 0.15) is 0 Å². The minimum absolute atomic E-state index is 0.0595. The van der Waals surface area contributed by atoms with Gasteiger partial charge in [-0.25, -0.2) is 0 Å². The van der Waals surface area contributed by atoms with Crippen molar-refractivity contribution in [3.8, 4) is 0 Å². The third kappa shape index (κ3) is 1.23. The molecule has 0 unspecified atom stereocenters. The van der Waals surface area contributed by atoms with Gasteiger partial charge in [-0.15, -0.1) is 11.6 Å². The number of carbonyl (C=O) groups excluding carboxylic acids is 1. The van der Waals surface area contributed by atoms with Crippen molar-refractivity contribution in [2.75, 3.05) is 6.61 Å². The summed E-state index contributed by atoms with van der Waals surface area (Å²) in [4.78, 5) is 12.1. The zero-order chi connectivity index (χ0) is 11.3. The molecule has 4 aliphatic rings. The van der Waals surface area contributed by atoms with E-state index in [0.29, 0.717) is 24.4 Å². The number of carbonyl (C=O) groups is 1. The summed E-state index contributed by atoms with van der Waals surface area (Å²) in [7, 11) is 0. The molecule has 0 aromatic rings. The molecule has 0 amide bonds.